The van der Waals surface area contributed by atoms with Gasteiger partial charge in [0.25, 0.3) is 0 Å². The van der Waals surface area contributed by atoms with E-state index in [4.69, 9.17) is 0 Å². The van der Waals surface area contributed by atoms with Crippen molar-refractivity contribution in [2.24, 2.45) is 17.8 Å². The van der Waals surface area contributed by atoms with E-state index in [1.54, 1.807) is 0 Å². The number of hydrogen-bond acceptors (Lipinski definition) is 0. The summed E-state index contributed by atoms with van der Waals surface area (Å²) in [5.74, 6) is 2.86. The van der Waals surface area contributed by atoms with Crippen LogP contribution in [-0.2, 0) is 0 Å². The Kier molecular flexibility index (Phi) is 2.75. The van der Waals surface area contributed by atoms with Gasteiger partial charge < -0.3 is 0 Å². The molecule has 0 saturated heterocycles. The molecule has 0 heterocycles. The molecule has 1 fully saturated rings. The quantitative estimate of drug-likeness (QED) is 0.542. The smallest absolute Gasteiger partial charge is 0.0257 e. The molecule has 1 aliphatic rings. The Bertz CT molecular complexity index is 151. The Morgan fingerprint density at radius 3 is 2.45 bits per heavy atom. The number of rotatable bonds is 3. The van der Waals surface area contributed by atoms with E-state index in [0.29, 0.717) is 0 Å². The van der Waals surface area contributed by atoms with E-state index in [2.05, 4.69) is 33.8 Å². The molecule has 0 N–H and O–H groups in total. The molecule has 0 radical (unpaired) electrons. The standard InChI is InChI=1S/C11H20/c1-8(2)5-9(3)6-11-7-10(11)4/h5,9-11H,6-7H2,1-4H3. The summed E-state index contributed by atoms with van der Waals surface area (Å²) in [7, 11) is 0. The summed E-state index contributed by atoms with van der Waals surface area (Å²) >= 11 is 0. The van der Waals surface area contributed by atoms with E-state index in [9.17, 15) is 0 Å². The molecule has 0 bridgehead atoms. The van der Waals surface area contributed by atoms with Crippen molar-refractivity contribution in [3.63, 3.8) is 0 Å². The second kappa shape index (κ2) is 3.42. The van der Waals surface area contributed by atoms with Gasteiger partial charge in [-0.1, -0.05) is 25.5 Å². The van der Waals surface area contributed by atoms with Crippen molar-refractivity contribution >= 4 is 0 Å². The van der Waals surface area contributed by atoms with E-state index in [1.807, 2.05) is 0 Å². The predicted octanol–water partition coefficient (Wildman–Crippen LogP) is 3.63. The summed E-state index contributed by atoms with van der Waals surface area (Å²) in [4.78, 5) is 0. The molecule has 3 unspecified atom stereocenters. The largest absolute Gasteiger partial charge is 0.0830 e. The first-order valence-electron chi connectivity index (χ1n) is 4.74. The lowest BCUT2D eigenvalue weighted by Gasteiger charge is -2.05. The average molecular weight is 152 g/mol. The van der Waals surface area contributed by atoms with Crippen LogP contribution in [0.5, 0.6) is 0 Å². The van der Waals surface area contributed by atoms with Gasteiger partial charge in [0.05, 0.1) is 0 Å². The molecule has 1 aliphatic carbocycles. The van der Waals surface area contributed by atoms with Gasteiger partial charge in [0.15, 0.2) is 0 Å². The molecule has 0 nitrogen and oxygen atoms in total. The average Bonchev–Trinajstić information content (AvgIpc) is 2.43. The molecular weight excluding hydrogens is 132 g/mol. The lowest BCUT2D eigenvalue weighted by Crippen LogP contribution is -1.92. The molecule has 0 aromatic heterocycles. The maximum atomic E-state index is 2.39. The Balaban J connectivity index is 2.21. The van der Waals surface area contributed by atoms with Crippen LogP contribution in [0, 0.1) is 17.8 Å². The van der Waals surface area contributed by atoms with Crippen LogP contribution in [0.4, 0.5) is 0 Å². The Labute approximate surface area is 70.7 Å². The van der Waals surface area contributed by atoms with Gasteiger partial charge in [0.2, 0.25) is 0 Å². The zero-order valence-corrected chi connectivity index (χ0v) is 8.22. The van der Waals surface area contributed by atoms with E-state index in [-0.39, 0.29) is 0 Å². The summed E-state index contributed by atoms with van der Waals surface area (Å²) in [5.41, 5.74) is 1.46. The van der Waals surface area contributed by atoms with E-state index >= 15 is 0 Å². The first-order valence-corrected chi connectivity index (χ1v) is 4.74. The monoisotopic (exact) mass is 152 g/mol. The van der Waals surface area contributed by atoms with Gasteiger partial charge in [-0.25, -0.2) is 0 Å². The lowest BCUT2D eigenvalue weighted by molar-refractivity contribution is 0.562. The van der Waals surface area contributed by atoms with Crippen LogP contribution in [0.2, 0.25) is 0 Å². The van der Waals surface area contributed by atoms with Crippen LogP contribution in [-0.4, -0.2) is 0 Å². The molecule has 11 heavy (non-hydrogen) atoms. The molecule has 1 rings (SSSR count). The van der Waals surface area contributed by atoms with Crippen molar-refractivity contribution in [2.45, 2.75) is 40.5 Å². The maximum Gasteiger partial charge on any atom is -0.0257 e. The molecule has 64 valence electrons. The molecular formula is C11H20. The van der Waals surface area contributed by atoms with Gasteiger partial charge in [-0.2, -0.15) is 0 Å². The third kappa shape index (κ3) is 3.09. The number of allylic oxidation sites excluding steroid dienone is 2. The molecule has 0 aromatic rings. The van der Waals surface area contributed by atoms with Crippen LogP contribution in [0.1, 0.15) is 40.5 Å². The summed E-state index contributed by atoms with van der Waals surface area (Å²) < 4.78 is 0. The van der Waals surface area contributed by atoms with Crippen molar-refractivity contribution in [2.75, 3.05) is 0 Å². The number of hydrogen-bond donors (Lipinski definition) is 0. The van der Waals surface area contributed by atoms with Gasteiger partial charge in [-0.05, 0) is 44.4 Å². The molecule has 3 atom stereocenters. The summed E-state index contributed by atoms with van der Waals surface area (Å²) in [6, 6.07) is 0. The normalized spacial score (nSPS) is 31.3. The zero-order valence-electron chi connectivity index (χ0n) is 8.22. The van der Waals surface area contributed by atoms with Crippen molar-refractivity contribution in [1.82, 2.24) is 0 Å². The second-order valence-corrected chi connectivity index (χ2v) is 4.43. The fraction of sp³-hybridized carbons (Fsp3) is 0.818. The summed E-state index contributed by atoms with van der Waals surface area (Å²) in [5, 5.41) is 0. The van der Waals surface area contributed by atoms with Gasteiger partial charge in [-0.3, -0.25) is 0 Å². The zero-order chi connectivity index (χ0) is 8.43. The molecule has 0 amide bonds. The van der Waals surface area contributed by atoms with Crippen molar-refractivity contribution in [1.29, 1.82) is 0 Å². The molecule has 0 aromatic carbocycles. The van der Waals surface area contributed by atoms with E-state index < -0.39 is 0 Å². The van der Waals surface area contributed by atoms with Crippen LogP contribution in [0.15, 0.2) is 11.6 Å². The highest BCUT2D eigenvalue weighted by molar-refractivity contribution is 4.98. The highest BCUT2D eigenvalue weighted by Crippen LogP contribution is 2.42. The van der Waals surface area contributed by atoms with Crippen molar-refractivity contribution in [3.8, 4) is 0 Å². The van der Waals surface area contributed by atoms with Gasteiger partial charge in [0, 0.05) is 0 Å². The molecule has 0 aliphatic heterocycles. The molecule has 1 saturated carbocycles. The van der Waals surface area contributed by atoms with Crippen LogP contribution in [0.25, 0.3) is 0 Å². The first kappa shape index (κ1) is 8.83. The lowest BCUT2D eigenvalue weighted by atomic mass is 10.0. The highest BCUT2D eigenvalue weighted by Gasteiger charge is 2.32. The fourth-order valence-electron chi connectivity index (χ4n) is 1.84. The van der Waals surface area contributed by atoms with Crippen molar-refractivity contribution < 1.29 is 0 Å². The third-order valence-electron chi connectivity index (χ3n) is 2.57. The second-order valence-electron chi connectivity index (χ2n) is 4.43. The summed E-state index contributed by atoms with van der Waals surface area (Å²) in [6.07, 6.45) is 5.28. The van der Waals surface area contributed by atoms with E-state index in [0.717, 1.165) is 17.8 Å². The molecule has 0 heteroatoms. The minimum absolute atomic E-state index is 0.801. The van der Waals surface area contributed by atoms with Gasteiger partial charge in [0.1, 0.15) is 0 Å². The Hall–Kier alpha value is -0.260. The Morgan fingerprint density at radius 1 is 1.55 bits per heavy atom. The highest BCUT2D eigenvalue weighted by atomic mass is 14.4. The minimum atomic E-state index is 0.801. The van der Waals surface area contributed by atoms with E-state index in [1.165, 1.54) is 18.4 Å². The van der Waals surface area contributed by atoms with Crippen LogP contribution < -0.4 is 0 Å². The van der Waals surface area contributed by atoms with Crippen LogP contribution >= 0.6 is 0 Å². The maximum absolute atomic E-state index is 2.39. The SMILES string of the molecule is CC(C)=CC(C)CC1CC1C. The van der Waals surface area contributed by atoms with Crippen LogP contribution in [0.3, 0.4) is 0 Å². The Morgan fingerprint density at radius 2 is 2.09 bits per heavy atom. The topological polar surface area (TPSA) is 0 Å². The minimum Gasteiger partial charge on any atom is -0.0830 e. The van der Waals surface area contributed by atoms with Gasteiger partial charge in [-0.15, -0.1) is 0 Å². The first-order chi connectivity index (χ1) is 5.09. The van der Waals surface area contributed by atoms with Gasteiger partial charge >= 0.3 is 0 Å². The summed E-state index contributed by atoms with van der Waals surface area (Å²) in [6.45, 7) is 9.07. The third-order valence-corrected chi connectivity index (χ3v) is 2.57. The molecule has 0 spiro atoms. The predicted molar refractivity (Wildman–Crippen MR) is 50.5 cm³/mol. The fourth-order valence-corrected chi connectivity index (χ4v) is 1.84. The van der Waals surface area contributed by atoms with Crippen molar-refractivity contribution in [3.05, 3.63) is 11.6 Å².